The van der Waals surface area contributed by atoms with E-state index in [1.807, 2.05) is 0 Å². The first-order valence-electron chi connectivity index (χ1n) is 20.7. The van der Waals surface area contributed by atoms with Crippen LogP contribution in [0.25, 0.3) is 0 Å². The Morgan fingerprint density at radius 3 is 0.909 bits per heavy atom. The molecule has 0 aromatic rings. The summed E-state index contributed by atoms with van der Waals surface area (Å²) in [5.74, 6) is -9.50. The zero-order valence-electron chi connectivity index (χ0n) is 38.6. The average Bonchev–Trinajstić information content (AvgIpc) is 3.16. The van der Waals surface area contributed by atoms with E-state index in [1.54, 1.807) is 13.8 Å². The third-order valence-corrected chi connectivity index (χ3v) is 9.56. The highest BCUT2D eigenvalue weighted by Gasteiger charge is 2.60. The van der Waals surface area contributed by atoms with Crippen molar-refractivity contribution in [3.8, 4) is 0 Å². The van der Waals surface area contributed by atoms with Gasteiger partial charge in [0.1, 0.15) is 56.4 Å². The number of carbonyl (C=O) groups is 10. The molecule has 3 fully saturated rings. The molecule has 0 aromatic carbocycles. The molecule has 3 saturated heterocycles. The van der Waals surface area contributed by atoms with Crippen LogP contribution < -0.4 is 0 Å². The highest BCUT2D eigenvalue weighted by atomic mass is 16.8. The van der Waals surface area contributed by atoms with Crippen molar-refractivity contribution < 1.29 is 119 Å². The van der Waals surface area contributed by atoms with Crippen molar-refractivity contribution in [2.45, 2.75) is 175 Å². The molecule has 0 spiro atoms. The van der Waals surface area contributed by atoms with Crippen LogP contribution in [0.1, 0.15) is 83.1 Å². The monoisotopic (exact) mass is 950 g/mol. The van der Waals surface area contributed by atoms with E-state index in [9.17, 15) is 47.9 Å². The second-order valence-corrected chi connectivity index (χ2v) is 15.6. The Balaban J connectivity index is 2.30. The summed E-state index contributed by atoms with van der Waals surface area (Å²) >= 11 is 0. The molecule has 66 heavy (non-hydrogen) atoms. The maximum absolute atomic E-state index is 13.0. The lowest BCUT2D eigenvalue weighted by molar-refractivity contribution is -0.374. The predicted molar refractivity (Wildman–Crippen MR) is 209 cm³/mol. The molecular weight excluding hydrogens is 892 g/mol. The van der Waals surface area contributed by atoms with Crippen LogP contribution in [0.15, 0.2) is 0 Å². The zero-order chi connectivity index (χ0) is 49.7. The number of ether oxygens (including phenoxy) is 15. The van der Waals surface area contributed by atoms with Gasteiger partial charge in [0.25, 0.3) is 0 Å². The Morgan fingerprint density at radius 1 is 0.333 bits per heavy atom. The van der Waals surface area contributed by atoms with Gasteiger partial charge in [0.15, 0.2) is 55.3 Å². The van der Waals surface area contributed by atoms with Crippen molar-refractivity contribution in [2.24, 2.45) is 5.92 Å². The molecule has 0 radical (unpaired) electrons. The number of esters is 10. The third-order valence-electron chi connectivity index (χ3n) is 9.56. The maximum atomic E-state index is 13.0. The van der Waals surface area contributed by atoms with Crippen LogP contribution in [-0.4, -0.2) is 171 Å². The summed E-state index contributed by atoms with van der Waals surface area (Å²) in [5.41, 5.74) is 0. The van der Waals surface area contributed by atoms with Gasteiger partial charge in [-0.1, -0.05) is 13.8 Å². The molecule has 0 N–H and O–H groups in total. The Bertz CT molecular complexity index is 1780. The summed E-state index contributed by atoms with van der Waals surface area (Å²) in [4.78, 5) is 125. The van der Waals surface area contributed by atoms with Crippen molar-refractivity contribution in [1.82, 2.24) is 0 Å². The molecule has 372 valence electrons. The quantitative estimate of drug-likeness (QED) is 0.127. The number of hydrogen-bond donors (Lipinski definition) is 0. The van der Waals surface area contributed by atoms with E-state index in [0.29, 0.717) is 0 Å². The van der Waals surface area contributed by atoms with E-state index < -0.39 is 177 Å². The van der Waals surface area contributed by atoms with Crippen LogP contribution >= 0.6 is 0 Å². The fourth-order valence-electron chi connectivity index (χ4n) is 7.37. The second-order valence-electron chi connectivity index (χ2n) is 15.6. The summed E-state index contributed by atoms with van der Waals surface area (Å²) in [6, 6.07) is 0. The van der Waals surface area contributed by atoms with Crippen molar-refractivity contribution in [3.63, 3.8) is 0 Å². The Morgan fingerprint density at radius 2 is 0.591 bits per heavy atom. The molecule has 0 aromatic heterocycles. The number of rotatable bonds is 18. The molecule has 3 rings (SSSR count). The van der Waals surface area contributed by atoms with E-state index in [2.05, 4.69) is 0 Å². The van der Waals surface area contributed by atoms with Gasteiger partial charge in [0.05, 0.1) is 0 Å². The lowest BCUT2D eigenvalue weighted by atomic mass is 9.88. The van der Waals surface area contributed by atoms with Crippen LogP contribution in [0.3, 0.4) is 0 Å². The SMILES string of the molecule is CC(=O)OCC1O[C@@H](C(C)C)C(OC(C)=O)[C@@H](OC(C)=O)[C@@H]1O[C@@H]1OC(COC(C)=O)[C@H](O[C@H]2OC(COC(C)=O)[C@H](OC(C)=O)[C@H](OC(C)=O)C2OC(C)=O)[C@H](OC(C)=O)C1OC(C)=O. The average molecular weight is 951 g/mol. The summed E-state index contributed by atoms with van der Waals surface area (Å²) in [6.45, 7) is 11.8. The van der Waals surface area contributed by atoms with Crippen LogP contribution in [0.2, 0.25) is 0 Å². The van der Waals surface area contributed by atoms with Gasteiger partial charge in [0.2, 0.25) is 0 Å². The number of carbonyl (C=O) groups excluding carboxylic acids is 10. The van der Waals surface area contributed by atoms with E-state index in [1.165, 1.54) is 0 Å². The van der Waals surface area contributed by atoms with Gasteiger partial charge in [-0.15, -0.1) is 0 Å². The lowest BCUT2D eigenvalue weighted by Gasteiger charge is -2.50. The lowest BCUT2D eigenvalue weighted by Crippen LogP contribution is -2.69. The van der Waals surface area contributed by atoms with Gasteiger partial charge in [-0.05, 0) is 5.92 Å². The minimum atomic E-state index is -1.96. The van der Waals surface area contributed by atoms with Gasteiger partial charge in [-0.25, -0.2) is 0 Å². The smallest absolute Gasteiger partial charge is 0.303 e. The van der Waals surface area contributed by atoms with Gasteiger partial charge >= 0.3 is 59.7 Å². The first-order chi connectivity index (χ1) is 30.8. The van der Waals surface area contributed by atoms with Crippen molar-refractivity contribution in [1.29, 1.82) is 0 Å². The largest absolute Gasteiger partial charge is 0.463 e. The Labute approximate surface area is 379 Å². The van der Waals surface area contributed by atoms with Crippen LogP contribution in [0.5, 0.6) is 0 Å². The van der Waals surface area contributed by atoms with Gasteiger partial charge in [-0.3, -0.25) is 47.9 Å². The van der Waals surface area contributed by atoms with E-state index in [0.717, 1.165) is 69.2 Å². The van der Waals surface area contributed by atoms with E-state index >= 15 is 0 Å². The highest BCUT2D eigenvalue weighted by Crippen LogP contribution is 2.39. The minimum absolute atomic E-state index is 0.427. The standard InChI is InChI=1S/C41H58O25/c1-16(2)30-34(56-21(7)46)35(57-22(8)47)32(27(62-30)13-52-17(3)42)65-41-39(61-26(12)51)37(59-24(10)49)33(29(64-41)15-54-19(5)44)66-40-38(60-25(11)50)36(58-23(9)48)31(55-20(6)45)28(63-40)14-53-18(4)43/h16,27-41H,13-15H2,1-12H3/t27?,28?,29?,30-,31-,32+,33-,34?,35-,36-,37-,38?,39?,40+,41-/m0/s1. The minimum Gasteiger partial charge on any atom is -0.463 e. The molecule has 15 atom stereocenters. The first-order valence-corrected chi connectivity index (χ1v) is 20.7. The van der Waals surface area contributed by atoms with Gasteiger partial charge < -0.3 is 71.1 Å². The highest BCUT2D eigenvalue weighted by molar-refractivity contribution is 5.70. The Hall–Kier alpha value is -5.50. The fraction of sp³-hybridized carbons (Fsp3) is 0.756. The first kappa shape index (κ1) is 54.8. The second kappa shape index (κ2) is 24.9. The summed E-state index contributed by atoms with van der Waals surface area (Å²) in [6.07, 6.45) is -24.8. The molecule has 6 unspecified atom stereocenters. The fourth-order valence-corrected chi connectivity index (χ4v) is 7.37. The van der Waals surface area contributed by atoms with E-state index in [4.69, 9.17) is 71.1 Å². The molecule has 0 amide bonds. The van der Waals surface area contributed by atoms with Crippen LogP contribution in [0.4, 0.5) is 0 Å². The molecule has 0 aliphatic carbocycles. The molecular formula is C41H58O25. The normalized spacial score (nSPS) is 31.7. The molecule has 3 aliphatic rings. The topological polar surface area (TPSA) is 309 Å². The van der Waals surface area contributed by atoms with E-state index in [-0.39, 0.29) is 0 Å². The van der Waals surface area contributed by atoms with Crippen molar-refractivity contribution in [3.05, 3.63) is 0 Å². The maximum Gasteiger partial charge on any atom is 0.303 e. The molecule has 25 nitrogen and oxygen atoms in total. The van der Waals surface area contributed by atoms with Gasteiger partial charge in [0, 0.05) is 69.2 Å². The zero-order valence-corrected chi connectivity index (χ0v) is 38.6. The molecule has 3 heterocycles. The molecule has 25 heteroatoms. The molecule has 0 saturated carbocycles. The third kappa shape index (κ3) is 16.1. The van der Waals surface area contributed by atoms with Crippen molar-refractivity contribution >= 4 is 59.7 Å². The van der Waals surface area contributed by atoms with Crippen LogP contribution in [0, 0.1) is 5.92 Å². The Kier molecular flexibility index (Phi) is 20.7. The summed E-state index contributed by atoms with van der Waals surface area (Å²) in [5, 5.41) is 0. The van der Waals surface area contributed by atoms with Crippen molar-refractivity contribution in [2.75, 3.05) is 19.8 Å². The summed E-state index contributed by atoms with van der Waals surface area (Å²) in [7, 11) is 0. The predicted octanol–water partition coefficient (Wildman–Crippen LogP) is -0.159. The molecule has 3 aliphatic heterocycles. The van der Waals surface area contributed by atoms with Crippen LogP contribution in [-0.2, 0) is 119 Å². The number of hydrogen-bond acceptors (Lipinski definition) is 25. The summed E-state index contributed by atoms with van der Waals surface area (Å²) < 4.78 is 86.6. The molecule has 0 bridgehead atoms. The van der Waals surface area contributed by atoms with Gasteiger partial charge in [-0.2, -0.15) is 0 Å².